The van der Waals surface area contributed by atoms with Crippen LogP contribution in [0.25, 0.3) is 11.0 Å². The zero-order chi connectivity index (χ0) is 14.8. The Labute approximate surface area is 131 Å². The van der Waals surface area contributed by atoms with Crippen molar-refractivity contribution in [3.8, 4) is 0 Å². The first-order chi connectivity index (χ1) is 10.2. The molecule has 0 aliphatic rings. The first-order valence-corrected chi connectivity index (χ1v) is 7.50. The number of hydrazine groups is 1. The van der Waals surface area contributed by atoms with Gasteiger partial charge in [-0.15, -0.1) is 0 Å². The summed E-state index contributed by atoms with van der Waals surface area (Å²) in [5.41, 5.74) is 6.00. The normalized spacial score (nSPS) is 12.7. The van der Waals surface area contributed by atoms with Gasteiger partial charge in [0.1, 0.15) is 11.3 Å². The lowest BCUT2D eigenvalue weighted by Gasteiger charge is -2.13. The molecule has 0 aliphatic heterocycles. The van der Waals surface area contributed by atoms with Crippen molar-refractivity contribution in [3.05, 3.63) is 64.1 Å². The monoisotopic (exact) mass is 345 g/mol. The topological polar surface area (TPSA) is 64.1 Å². The maximum atomic E-state index is 5.90. The molecular formula is C16H16BrN3O. The number of hydrogen-bond acceptors (Lipinski definition) is 4. The highest BCUT2D eigenvalue weighted by Crippen LogP contribution is 2.27. The van der Waals surface area contributed by atoms with Crippen molar-refractivity contribution >= 4 is 26.9 Å². The van der Waals surface area contributed by atoms with Crippen LogP contribution in [-0.2, 0) is 6.42 Å². The molecule has 2 aromatic heterocycles. The first kappa shape index (κ1) is 14.3. The van der Waals surface area contributed by atoms with E-state index in [1.165, 1.54) is 5.56 Å². The van der Waals surface area contributed by atoms with Gasteiger partial charge in [-0.2, -0.15) is 0 Å². The van der Waals surface area contributed by atoms with Crippen LogP contribution >= 0.6 is 15.9 Å². The Bertz CT molecular complexity index is 769. The molecule has 1 aromatic carbocycles. The number of pyridine rings is 1. The number of nitrogens with zero attached hydrogens (tertiary/aromatic N) is 1. The summed E-state index contributed by atoms with van der Waals surface area (Å²) in [6.07, 6.45) is 4.31. The minimum absolute atomic E-state index is 0.0891. The summed E-state index contributed by atoms with van der Waals surface area (Å²) in [5, 5.41) is 1.10. The van der Waals surface area contributed by atoms with Gasteiger partial charge in [-0.3, -0.25) is 10.8 Å². The summed E-state index contributed by atoms with van der Waals surface area (Å²) in [7, 11) is 0. The molecule has 21 heavy (non-hydrogen) atoms. The maximum Gasteiger partial charge on any atom is 0.134 e. The third-order valence-electron chi connectivity index (χ3n) is 3.44. The summed E-state index contributed by atoms with van der Waals surface area (Å²) >= 11 is 3.43. The highest BCUT2D eigenvalue weighted by Gasteiger charge is 2.16. The van der Waals surface area contributed by atoms with E-state index in [1.54, 1.807) is 6.20 Å². The molecule has 0 saturated carbocycles. The predicted octanol–water partition coefficient (Wildman–Crippen LogP) is 3.65. The Hall–Kier alpha value is -1.69. The van der Waals surface area contributed by atoms with Crippen molar-refractivity contribution < 1.29 is 4.42 Å². The molecule has 0 spiro atoms. The Morgan fingerprint density at radius 3 is 2.90 bits per heavy atom. The molecule has 0 saturated heterocycles. The molecule has 2 heterocycles. The minimum atomic E-state index is -0.0891. The second-order valence-corrected chi connectivity index (χ2v) is 6.04. The van der Waals surface area contributed by atoms with E-state index in [0.29, 0.717) is 6.42 Å². The summed E-state index contributed by atoms with van der Waals surface area (Å²) < 4.78 is 6.86. The fourth-order valence-electron chi connectivity index (χ4n) is 2.40. The van der Waals surface area contributed by atoms with Gasteiger partial charge in [0.25, 0.3) is 0 Å². The number of halogens is 1. The smallest absolute Gasteiger partial charge is 0.134 e. The van der Waals surface area contributed by atoms with Crippen LogP contribution in [0.4, 0.5) is 0 Å². The van der Waals surface area contributed by atoms with Crippen molar-refractivity contribution in [2.75, 3.05) is 0 Å². The van der Waals surface area contributed by atoms with Gasteiger partial charge in [0.2, 0.25) is 0 Å². The van der Waals surface area contributed by atoms with E-state index in [9.17, 15) is 0 Å². The molecular weight excluding hydrogens is 330 g/mol. The van der Waals surface area contributed by atoms with E-state index in [4.69, 9.17) is 10.3 Å². The van der Waals surface area contributed by atoms with Gasteiger partial charge in [0.05, 0.1) is 6.04 Å². The Morgan fingerprint density at radius 2 is 2.14 bits per heavy atom. The predicted molar refractivity (Wildman–Crippen MR) is 86.7 cm³/mol. The van der Waals surface area contributed by atoms with Crippen molar-refractivity contribution in [2.24, 2.45) is 5.84 Å². The minimum Gasteiger partial charge on any atom is -0.459 e. The summed E-state index contributed by atoms with van der Waals surface area (Å²) in [6.45, 7) is 2.07. The van der Waals surface area contributed by atoms with Crippen LogP contribution in [0, 0.1) is 6.92 Å². The van der Waals surface area contributed by atoms with E-state index in [2.05, 4.69) is 39.3 Å². The van der Waals surface area contributed by atoms with Crippen LogP contribution in [0.15, 0.2) is 51.6 Å². The molecule has 1 atom stereocenters. The number of hydrogen-bond donors (Lipinski definition) is 2. The Morgan fingerprint density at radius 1 is 1.29 bits per heavy atom. The van der Waals surface area contributed by atoms with E-state index in [-0.39, 0.29) is 6.04 Å². The van der Waals surface area contributed by atoms with Crippen LogP contribution in [0.3, 0.4) is 0 Å². The zero-order valence-corrected chi connectivity index (χ0v) is 13.2. The Balaban J connectivity index is 1.90. The summed E-state index contributed by atoms with van der Waals surface area (Å²) in [4.78, 5) is 4.17. The molecule has 5 heteroatoms. The number of nitrogens with two attached hydrogens (primary N) is 1. The number of rotatable bonds is 4. The van der Waals surface area contributed by atoms with Crippen molar-refractivity contribution in [2.45, 2.75) is 19.4 Å². The average molecular weight is 346 g/mol. The van der Waals surface area contributed by atoms with E-state index in [1.807, 2.05) is 30.5 Å². The molecule has 3 N–H and O–H groups in total. The lowest BCUT2D eigenvalue weighted by molar-refractivity contribution is 0.434. The fraction of sp³-hybridized carbons (Fsp3) is 0.188. The number of fused-ring (bicyclic) bond motifs is 1. The van der Waals surface area contributed by atoms with Crippen LogP contribution in [0.2, 0.25) is 0 Å². The highest BCUT2D eigenvalue weighted by molar-refractivity contribution is 9.10. The van der Waals surface area contributed by atoms with E-state index < -0.39 is 0 Å². The largest absolute Gasteiger partial charge is 0.459 e. The van der Waals surface area contributed by atoms with Gasteiger partial charge in [-0.05, 0) is 59.1 Å². The third kappa shape index (κ3) is 3.15. The number of nitrogens with one attached hydrogen (secondary N) is 1. The highest BCUT2D eigenvalue weighted by atomic mass is 79.9. The van der Waals surface area contributed by atoms with Gasteiger partial charge in [0.15, 0.2) is 0 Å². The van der Waals surface area contributed by atoms with Gasteiger partial charge < -0.3 is 4.42 Å². The molecule has 3 rings (SSSR count). The second-order valence-electron chi connectivity index (χ2n) is 5.12. The molecule has 0 amide bonds. The Kier molecular flexibility index (Phi) is 4.05. The van der Waals surface area contributed by atoms with Crippen molar-refractivity contribution in [1.29, 1.82) is 0 Å². The quantitative estimate of drug-likeness (QED) is 0.559. The second kappa shape index (κ2) is 5.97. The lowest BCUT2D eigenvalue weighted by Crippen LogP contribution is -2.29. The molecule has 0 radical (unpaired) electrons. The van der Waals surface area contributed by atoms with Crippen LogP contribution < -0.4 is 11.3 Å². The van der Waals surface area contributed by atoms with Crippen molar-refractivity contribution in [3.63, 3.8) is 0 Å². The number of aromatic nitrogens is 1. The SMILES string of the molecule is Cc1ccc2oc(C(Cc3cncc(Br)c3)NN)cc2c1. The first-order valence-electron chi connectivity index (χ1n) is 6.71. The fourth-order valence-corrected chi connectivity index (χ4v) is 2.81. The molecule has 0 aliphatic carbocycles. The summed E-state index contributed by atoms with van der Waals surface area (Å²) in [5.74, 6) is 6.53. The van der Waals surface area contributed by atoms with Crippen molar-refractivity contribution in [1.82, 2.24) is 10.4 Å². The molecule has 0 fully saturated rings. The van der Waals surface area contributed by atoms with Gasteiger partial charge in [-0.25, -0.2) is 5.43 Å². The van der Waals surface area contributed by atoms with Gasteiger partial charge in [-0.1, -0.05) is 11.6 Å². The number of aryl methyl sites for hydroxylation is 1. The standard InChI is InChI=1S/C16H16BrN3O/c1-10-2-3-15-12(4-10)7-16(21-15)14(20-18)6-11-5-13(17)9-19-8-11/h2-5,7-9,14,20H,6,18H2,1H3. The molecule has 108 valence electrons. The lowest BCUT2D eigenvalue weighted by atomic mass is 10.1. The van der Waals surface area contributed by atoms with Crippen LogP contribution in [0.5, 0.6) is 0 Å². The molecule has 0 bridgehead atoms. The van der Waals surface area contributed by atoms with Crippen LogP contribution in [-0.4, -0.2) is 4.98 Å². The number of furan rings is 1. The zero-order valence-electron chi connectivity index (χ0n) is 11.6. The molecule has 4 nitrogen and oxygen atoms in total. The molecule has 1 unspecified atom stereocenters. The van der Waals surface area contributed by atoms with E-state index in [0.717, 1.165) is 26.8 Å². The number of benzene rings is 1. The van der Waals surface area contributed by atoms with Crippen LogP contribution in [0.1, 0.15) is 22.9 Å². The summed E-state index contributed by atoms with van der Waals surface area (Å²) in [6, 6.07) is 10.1. The van der Waals surface area contributed by atoms with E-state index >= 15 is 0 Å². The molecule has 3 aromatic rings. The third-order valence-corrected chi connectivity index (χ3v) is 3.87. The average Bonchev–Trinajstić information content (AvgIpc) is 2.87. The van der Waals surface area contributed by atoms with Gasteiger partial charge >= 0.3 is 0 Å². The van der Waals surface area contributed by atoms with Gasteiger partial charge in [0, 0.05) is 22.3 Å². The maximum absolute atomic E-state index is 5.90.